The molecular weight excluding hydrogens is 665 g/mol. The van der Waals surface area contributed by atoms with Crippen LogP contribution in [-0.2, 0) is 6.18 Å². The van der Waals surface area contributed by atoms with Gasteiger partial charge in [-0.3, -0.25) is 4.79 Å². The monoisotopic (exact) mass is 676 g/mol. The van der Waals surface area contributed by atoms with E-state index in [1.165, 1.54) is 0 Å². The molecule has 1 unspecified atom stereocenters. The number of halogens is 13. The van der Waals surface area contributed by atoms with Crippen LogP contribution in [0.3, 0.4) is 0 Å². The molecule has 2 rings (SSSR count). The molecule has 2 aromatic carbocycles. The molecule has 2 aromatic rings. The quantitative estimate of drug-likeness (QED) is 0.169. The maximum atomic E-state index is 14.9. The summed E-state index contributed by atoms with van der Waals surface area (Å²) in [5.41, 5.74) is -4.38. The first-order valence-electron chi connectivity index (χ1n) is 9.63. The zero-order chi connectivity index (χ0) is 27.8. The molecule has 1 nitrogen and oxygen atoms in total. The zero-order valence-electron chi connectivity index (χ0n) is 17.6. The molecule has 0 heterocycles. The molecular formula is C22H13Br2ClF10O. The van der Waals surface area contributed by atoms with E-state index in [-0.39, 0.29) is 26.1 Å². The molecule has 0 amide bonds. The Labute approximate surface area is 219 Å². The second-order valence-corrected chi connectivity index (χ2v) is 9.75. The van der Waals surface area contributed by atoms with E-state index in [4.69, 9.17) is 11.6 Å². The summed E-state index contributed by atoms with van der Waals surface area (Å²) in [5, 5.41) is 0.0269. The van der Waals surface area contributed by atoms with Crippen molar-refractivity contribution in [3.8, 4) is 0 Å². The Morgan fingerprint density at radius 3 is 1.92 bits per heavy atom. The van der Waals surface area contributed by atoms with Gasteiger partial charge >= 0.3 is 18.5 Å². The Bertz CT molecular complexity index is 1150. The Morgan fingerprint density at radius 1 is 0.944 bits per heavy atom. The maximum Gasteiger partial charge on any atom is 0.417 e. The average Bonchev–Trinajstić information content (AvgIpc) is 2.72. The van der Waals surface area contributed by atoms with Crippen LogP contribution in [0.15, 0.2) is 45.4 Å². The van der Waals surface area contributed by atoms with Crippen molar-refractivity contribution in [2.75, 3.05) is 0 Å². The topological polar surface area (TPSA) is 17.1 Å². The number of ketones is 1. The number of carbonyl (C=O) groups is 1. The van der Waals surface area contributed by atoms with Gasteiger partial charge in [-0.05, 0) is 61.7 Å². The Balaban J connectivity index is 2.57. The van der Waals surface area contributed by atoms with Gasteiger partial charge in [-0.1, -0.05) is 30.7 Å². The largest absolute Gasteiger partial charge is 0.417 e. The molecule has 2 atom stereocenters. The molecule has 0 aliphatic heterocycles. The van der Waals surface area contributed by atoms with Crippen molar-refractivity contribution in [3.05, 3.63) is 72.6 Å². The van der Waals surface area contributed by atoms with Gasteiger partial charge < -0.3 is 0 Å². The highest BCUT2D eigenvalue weighted by Crippen LogP contribution is 2.43. The fourth-order valence-electron chi connectivity index (χ4n) is 3.05. The summed E-state index contributed by atoms with van der Waals surface area (Å²) >= 11 is 11.8. The molecule has 0 saturated carbocycles. The summed E-state index contributed by atoms with van der Waals surface area (Å²) < 4.78 is 135. The van der Waals surface area contributed by atoms with E-state index < -0.39 is 70.6 Å². The first-order chi connectivity index (χ1) is 16.2. The summed E-state index contributed by atoms with van der Waals surface area (Å²) in [7, 11) is 0. The number of carbonyl (C=O) groups excluding carboxylic acids is 1. The van der Waals surface area contributed by atoms with Crippen molar-refractivity contribution in [2.45, 2.75) is 37.8 Å². The van der Waals surface area contributed by atoms with E-state index in [0.29, 0.717) is 19.1 Å². The van der Waals surface area contributed by atoms with Gasteiger partial charge in [-0.15, -0.1) is 0 Å². The summed E-state index contributed by atoms with van der Waals surface area (Å²) in [5.74, 6) is -8.07. The fourth-order valence-corrected chi connectivity index (χ4v) is 4.38. The highest BCUT2D eigenvalue weighted by atomic mass is 79.9. The van der Waals surface area contributed by atoms with Crippen LogP contribution in [0.25, 0.3) is 5.83 Å². The van der Waals surface area contributed by atoms with Gasteiger partial charge in [0.15, 0.2) is 5.78 Å². The number of rotatable bonds is 6. The predicted octanol–water partition coefficient (Wildman–Crippen LogP) is 10.3. The van der Waals surface area contributed by atoms with Crippen LogP contribution in [0, 0.1) is 5.92 Å². The maximum absolute atomic E-state index is 14.9. The first-order valence-corrected chi connectivity index (χ1v) is 11.6. The minimum Gasteiger partial charge on any atom is -0.294 e. The van der Waals surface area contributed by atoms with Crippen molar-refractivity contribution in [1.29, 1.82) is 0 Å². The van der Waals surface area contributed by atoms with Crippen LogP contribution in [0.2, 0.25) is 5.02 Å². The lowest BCUT2D eigenvalue weighted by Gasteiger charge is -2.20. The number of allylic oxidation sites excluding steroid dienone is 1. The lowest BCUT2D eigenvalue weighted by atomic mass is 9.93. The van der Waals surface area contributed by atoms with Crippen LogP contribution >= 0.6 is 43.5 Å². The smallest absolute Gasteiger partial charge is 0.294 e. The molecule has 0 radical (unpaired) electrons. The molecule has 0 bridgehead atoms. The Kier molecular flexibility index (Phi) is 9.38. The summed E-state index contributed by atoms with van der Waals surface area (Å²) in [6, 6.07) is 3.03. The molecule has 198 valence electrons. The van der Waals surface area contributed by atoms with E-state index in [9.17, 15) is 48.7 Å². The van der Waals surface area contributed by atoms with E-state index in [1.54, 1.807) is 0 Å². The molecule has 0 aliphatic rings. The lowest BCUT2D eigenvalue weighted by molar-refractivity contribution is -0.168. The van der Waals surface area contributed by atoms with Gasteiger partial charge in [0.25, 0.3) is 0 Å². The van der Waals surface area contributed by atoms with Crippen LogP contribution in [0.1, 0.15) is 46.3 Å². The number of Topliss-reactive ketones (excluding diaryl/α,β-unsaturated/α-hetero) is 1. The highest BCUT2D eigenvalue weighted by molar-refractivity contribution is 9.11. The minimum atomic E-state index is -5.31. The molecule has 0 aliphatic carbocycles. The molecule has 36 heavy (non-hydrogen) atoms. The van der Waals surface area contributed by atoms with Crippen LogP contribution in [0.5, 0.6) is 0 Å². The van der Waals surface area contributed by atoms with Crippen molar-refractivity contribution < 1.29 is 48.7 Å². The summed E-state index contributed by atoms with van der Waals surface area (Å²) in [4.78, 5) is 12.2. The molecule has 0 fully saturated rings. The molecule has 0 saturated heterocycles. The van der Waals surface area contributed by atoms with Gasteiger partial charge in [0, 0.05) is 26.5 Å². The molecule has 0 aromatic heterocycles. The Morgan fingerprint density at radius 2 is 1.47 bits per heavy atom. The second kappa shape index (κ2) is 11.0. The van der Waals surface area contributed by atoms with Crippen LogP contribution in [0.4, 0.5) is 43.9 Å². The highest BCUT2D eigenvalue weighted by Gasteiger charge is 2.42. The van der Waals surface area contributed by atoms with Crippen molar-refractivity contribution in [3.63, 3.8) is 0 Å². The van der Waals surface area contributed by atoms with E-state index in [2.05, 4.69) is 31.9 Å². The normalized spacial score (nSPS) is 15.1. The van der Waals surface area contributed by atoms with Crippen LogP contribution < -0.4 is 0 Å². The molecule has 0 spiro atoms. The SMILES string of the molecule is C[C@@H](CC(=O)c1ccc(/C(F)=C/C(c2cc(Br)c(Cl)c(Br)c2)C(F)(F)F)cc1C(F)(F)F)C(F)(F)F. The van der Waals surface area contributed by atoms with E-state index in [0.717, 1.165) is 12.1 Å². The van der Waals surface area contributed by atoms with E-state index in [1.807, 2.05) is 0 Å². The van der Waals surface area contributed by atoms with Crippen molar-refractivity contribution >= 4 is 55.1 Å². The minimum absolute atomic E-state index is 0.0269. The summed E-state index contributed by atoms with van der Waals surface area (Å²) in [6.07, 6.45) is -16.5. The average molecular weight is 679 g/mol. The van der Waals surface area contributed by atoms with Gasteiger partial charge in [0.2, 0.25) is 0 Å². The number of benzene rings is 2. The third kappa shape index (κ3) is 7.47. The lowest BCUT2D eigenvalue weighted by Crippen LogP contribution is -2.24. The second-order valence-electron chi connectivity index (χ2n) is 7.66. The van der Waals surface area contributed by atoms with Gasteiger partial charge in [-0.25, -0.2) is 4.39 Å². The zero-order valence-corrected chi connectivity index (χ0v) is 21.6. The third-order valence-corrected chi connectivity index (χ3v) is 7.10. The Hall–Kier alpha value is -1.60. The summed E-state index contributed by atoms with van der Waals surface area (Å²) in [6.45, 7) is 0.604. The molecule has 0 N–H and O–H groups in total. The first kappa shape index (κ1) is 30.6. The van der Waals surface area contributed by atoms with Crippen molar-refractivity contribution in [2.24, 2.45) is 5.92 Å². The van der Waals surface area contributed by atoms with E-state index >= 15 is 0 Å². The van der Waals surface area contributed by atoms with Gasteiger partial charge in [0.1, 0.15) is 11.7 Å². The number of hydrogen-bond donors (Lipinski definition) is 0. The fraction of sp³-hybridized carbons (Fsp3) is 0.318. The standard InChI is InChI=1S/C22H13Br2ClF10O/c1-9(20(27,28)29)4-18(36)12-3-2-10(5-14(12)22(33,34)35)17(26)8-13(21(30,31)32)11-6-15(23)19(25)16(24)7-11/h2-3,5-9,13H,4H2,1H3/b17-8-/t9-,13?/m0/s1. The van der Waals surface area contributed by atoms with Crippen molar-refractivity contribution in [1.82, 2.24) is 0 Å². The van der Waals surface area contributed by atoms with Gasteiger partial charge in [-0.2, -0.15) is 39.5 Å². The number of alkyl halides is 9. The predicted molar refractivity (Wildman–Crippen MR) is 120 cm³/mol. The molecule has 14 heteroatoms. The number of hydrogen-bond acceptors (Lipinski definition) is 1. The van der Waals surface area contributed by atoms with Gasteiger partial charge in [0.05, 0.1) is 16.5 Å². The third-order valence-electron chi connectivity index (χ3n) is 4.98. The van der Waals surface area contributed by atoms with Crippen LogP contribution in [-0.4, -0.2) is 18.1 Å².